The number of rotatable bonds is 5. The van der Waals surface area contributed by atoms with Gasteiger partial charge in [0.05, 0.1) is 6.04 Å². The summed E-state index contributed by atoms with van der Waals surface area (Å²) in [4.78, 5) is 16.1. The summed E-state index contributed by atoms with van der Waals surface area (Å²) in [6.07, 6.45) is 3.65. The van der Waals surface area contributed by atoms with E-state index in [9.17, 15) is 4.79 Å². The van der Waals surface area contributed by atoms with Crippen molar-refractivity contribution in [2.24, 2.45) is 5.73 Å². The molecular formula is C12H23N3O. The highest BCUT2D eigenvalue weighted by atomic mass is 16.2. The average molecular weight is 225 g/mol. The SMILES string of the molecule is C=CCN1CCN(C(=O)C(N)CCC)CC1. The Bertz CT molecular complexity index is 234. The molecule has 0 saturated carbocycles. The normalized spacial score (nSPS) is 19.5. The van der Waals surface area contributed by atoms with Gasteiger partial charge in [0.1, 0.15) is 0 Å². The van der Waals surface area contributed by atoms with Gasteiger partial charge in [-0.25, -0.2) is 0 Å². The van der Waals surface area contributed by atoms with E-state index in [0.717, 1.165) is 45.6 Å². The fourth-order valence-corrected chi connectivity index (χ4v) is 2.00. The van der Waals surface area contributed by atoms with Crippen LogP contribution in [0.1, 0.15) is 19.8 Å². The summed E-state index contributed by atoms with van der Waals surface area (Å²) in [5.41, 5.74) is 5.83. The van der Waals surface area contributed by atoms with Gasteiger partial charge in [0.2, 0.25) is 5.91 Å². The van der Waals surface area contributed by atoms with E-state index >= 15 is 0 Å². The first kappa shape index (κ1) is 13.2. The van der Waals surface area contributed by atoms with Crippen LogP contribution in [0.5, 0.6) is 0 Å². The summed E-state index contributed by atoms with van der Waals surface area (Å²) in [6, 6.07) is -0.309. The molecule has 0 radical (unpaired) electrons. The van der Waals surface area contributed by atoms with Gasteiger partial charge >= 0.3 is 0 Å². The Morgan fingerprint density at radius 2 is 2.06 bits per heavy atom. The minimum Gasteiger partial charge on any atom is -0.339 e. The Balaban J connectivity index is 2.35. The largest absolute Gasteiger partial charge is 0.339 e. The number of carbonyl (C=O) groups excluding carboxylic acids is 1. The number of nitrogens with zero attached hydrogens (tertiary/aromatic N) is 2. The van der Waals surface area contributed by atoms with Crippen molar-refractivity contribution in [1.82, 2.24) is 9.80 Å². The highest BCUT2D eigenvalue weighted by molar-refractivity contribution is 5.81. The molecule has 0 bridgehead atoms. The number of nitrogens with two attached hydrogens (primary N) is 1. The molecule has 4 nitrogen and oxygen atoms in total. The molecule has 1 atom stereocenters. The van der Waals surface area contributed by atoms with Gasteiger partial charge < -0.3 is 10.6 Å². The molecule has 1 unspecified atom stereocenters. The lowest BCUT2D eigenvalue weighted by Crippen LogP contribution is -2.53. The van der Waals surface area contributed by atoms with Crippen LogP contribution in [0.3, 0.4) is 0 Å². The smallest absolute Gasteiger partial charge is 0.239 e. The zero-order valence-corrected chi connectivity index (χ0v) is 10.2. The zero-order valence-electron chi connectivity index (χ0n) is 10.2. The molecule has 1 heterocycles. The first-order valence-electron chi connectivity index (χ1n) is 6.06. The Labute approximate surface area is 98.1 Å². The van der Waals surface area contributed by atoms with Gasteiger partial charge in [0.15, 0.2) is 0 Å². The molecule has 0 aromatic heterocycles. The zero-order chi connectivity index (χ0) is 12.0. The standard InChI is InChI=1S/C12H23N3O/c1-3-5-11(13)12(16)15-9-7-14(6-4-2)8-10-15/h4,11H,2-3,5-10,13H2,1H3. The number of hydrogen-bond donors (Lipinski definition) is 1. The maximum atomic E-state index is 11.9. The molecule has 0 spiro atoms. The van der Waals surface area contributed by atoms with Crippen molar-refractivity contribution in [2.75, 3.05) is 32.7 Å². The molecule has 92 valence electrons. The van der Waals surface area contributed by atoms with Gasteiger partial charge in [-0.1, -0.05) is 19.4 Å². The first-order chi connectivity index (χ1) is 7.69. The number of hydrogen-bond acceptors (Lipinski definition) is 3. The van der Waals surface area contributed by atoms with E-state index in [-0.39, 0.29) is 11.9 Å². The second kappa shape index (κ2) is 6.66. The number of amides is 1. The number of carbonyl (C=O) groups is 1. The predicted molar refractivity (Wildman–Crippen MR) is 66.1 cm³/mol. The lowest BCUT2D eigenvalue weighted by Gasteiger charge is -2.35. The Kier molecular flexibility index (Phi) is 5.49. The third-order valence-electron chi connectivity index (χ3n) is 2.99. The van der Waals surface area contributed by atoms with Crippen molar-refractivity contribution in [3.63, 3.8) is 0 Å². The summed E-state index contributed by atoms with van der Waals surface area (Å²) in [5.74, 6) is 0.111. The molecule has 1 aliphatic heterocycles. The molecule has 0 aromatic carbocycles. The van der Waals surface area contributed by atoms with Crippen LogP contribution in [0.4, 0.5) is 0 Å². The molecule has 1 saturated heterocycles. The fraction of sp³-hybridized carbons (Fsp3) is 0.750. The molecule has 0 aliphatic carbocycles. The molecule has 1 rings (SSSR count). The third-order valence-corrected chi connectivity index (χ3v) is 2.99. The van der Waals surface area contributed by atoms with Crippen LogP contribution >= 0.6 is 0 Å². The molecular weight excluding hydrogens is 202 g/mol. The van der Waals surface area contributed by atoms with E-state index in [4.69, 9.17) is 5.73 Å². The molecule has 2 N–H and O–H groups in total. The van der Waals surface area contributed by atoms with Crippen LogP contribution in [-0.2, 0) is 4.79 Å². The monoisotopic (exact) mass is 225 g/mol. The summed E-state index contributed by atoms with van der Waals surface area (Å²) in [6.45, 7) is 10.1. The van der Waals surface area contributed by atoms with Crippen molar-refractivity contribution < 1.29 is 4.79 Å². The van der Waals surface area contributed by atoms with Crippen molar-refractivity contribution in [1.29, 1.82) is 0 Å². The minimum absolute atomic E-state index is 0.111. The van der Waals surface area contributed by atoms with E-state index < -0.39 is 0 Å². The summed E-state index contributed by atoms with van der Waals surface area (Å²) >= 11 is 0. The van der Waals surface area contributed by atoms with Crippen LogP contribution < -0.4 is 5.73 Å². The highest BCUT2D eigenvalue weighted by Gasteiger charge is 2.23. The van der Waals surface area contributed by atoms with Gasteiger partial charge in [-0.15, -0.1) is 6.58 Å². The Morgan fingerprint density at radius 3 is 2.56 bits per heavy atom. The Morgan fingerprint density at radius 1 is 1.44 bits per heavy atom. The van der Waals surface area contributed by atoms with Crippen LogP contribution in [0.15, 0.2) is 12.7 Å². The third kappa shape index (κ3) is 3.61. The maximum Gasteiger partial charge on any atom is 0.239 e. The second-order valence-electron chi connectivity index (χ2n) is 4.31. The molecule has 1 aliphatic rings. The van der Waals surface area contributed by atoms with Crippen LogP contribution in [-0.4, -0.2) is 54.5 Å². The first-order valence-corrected chi connectivity index (χ1v) is 6.06. The van der Waals surface area contributed by atoms with Crippen molar-refractivity contribution >= 4 is 5.91 Å². The van der Waals surface area contributed by atoms with Gasteiger partial charge in [0, 0.05) is 32.7 Å². The molecule has 1 fully saturated rings. The predicted octanol–water partition coefficient (Wildman–Crippen LogP) is 0.444. The molecule has 4 heteroatoms. The number of piperazine rings is 1. The van der Waals surface area contributed by atoms with Crippen molar-refractivity contribution in [3.8, 4) is 0 Å². The van der Waals surface area contributed by atoms with Gasteiger partial charge in [-0.2, -0.15) is 0 Å². The lowest BCUT2D eigenvalue weighted by atomic mass is 10.1. The van der Waals surface area contributed by atoms with Gasteiger partial charge in [-0.3, -0.25) is 9.69 Å². The summed E-state index contributed by atoms with van der Waals surface area (Å²) in [7, 11) is 0. The van der Waals surface area contributed by atoms with E-state index in [1.807, 2.05) is 11.0 Å². The van der Waals surface area contributed by atoms with Gasteiger partial charge in [0.25, 0.3) is 0 Å². The second-order valence-corrected chi connectivity index (χ2v) is 4.31. The minimum atomic E-state index is -0.309. The van der Waals surface area contributed by atoms with E-state index in [1.165, 1.54) is 0 Å². The van der Waals surface area contributed by atoms with E-state index in [0.29, 0.717) is 0 Å². The maximum absolute atomic E-state index is 11.9. The van der Waals surface area contributed by atoms with Crippen molar-refractivity contribution in [3.05, 3.63) is 12.7 Å². The van der Waals surface area contributed by atoms with Crippen LogP contribution in [0, 0.1) is 0 Å². The van der Waals surface area contributed by atoms with Crippen molar-refractivity contribution in [2.45, 2.75) is 25.8 Å². The highest BCUT2D eigenvalue weighted by Crippen LogP contribution is 2.05. The molecule has 1 amide bonds. The fourth-order valence-electron chi connectivity index (χ4n) is 2.00. The lowest BCUT2D eigenvalue weighted by molar-refractivity contribution is -0.134. The van der Waals surface area contributed by atoms with E-state index in [1.54, 1.807) is 0 Å². The van der Waals surface area contributed by atoms with Gasteiger partial charge in [-0.05, 0) is 6.42 Å². The topological polar surface area (TPSA) is 49.6 Å². The van der Waals surface area contributed by atoms with Crippen LogP contribution in [0.2, 0.25) is 0 Å². The summed E-state index contributed by atoms with van der Waals surface area (Å²) < 4.78 is 0. The molecule has 0 aromatic rings. The summed E-state index contributed by atoms with van der Waals surface area (Å²) in [5, 5.41) is 0. The quantitative estimate of drug-likeness (QED) is 0.691. The Hall–Kier alpha value is -0.870. The molecule has 16 heavy (non-hydrogen) atoms. The average Bonchev–Trinajstić information content (AvgIpc) is 2.30. The van der Waals surface area contributed by atoms with Crippen LogP contribution in [0.25, 0.3) is 0 Å². The van der Waals surface area contributed by atoms with E-state index in [2.05, 4.69) is 18.4 Å².